The van der Waals surface area contributed by atoms with Crippen LogP contribution in [0.3, 0.4) is 0 Å². The van der Waals surface area contributed by atoms with Gasteiger partial charge < -0.3 is 4.74 Å². The number of aromatic nitrogens is 1. The van der Waals surface area contributed by atoms with E-state index >= 15 is 0 Å². The van der Waals surface area contributed by atoms with E-state index in [1.165, 1.54) is 5.56 Å². The van der Waals surface area contributed by atoms with E-state index in [1.807, 2.05) is 12.3 Å². The minimum atomic E-state index is -3.10. The Morgan fingerprint density at radius 1 is 1.48 bits per heavy atom. The number of hydrogen-bond acceptors (Lipinski definition) is 5. The predicted octanol–water partition coefficient (Wildman–Crippen LogP) is 1.00. The van der Waals surface area contributed by atoms with Crippen LogP contribution in [0, 0.1) is 5.92 Å². The zero-order valence-corrected chi connectivity index (χ0v) is 14.4. The number of rotatable bonds is 6. The molecular formula is C16H25N3O3S. The molecule has 7 heteroatoms. The van der Waals surface area contributed by atoms with Gasteiger partial charge in [0.25, 0.3) is 0 Å². The van der Waals surface area contributed by atoms with Gasteiger partial charge in [-0.15, -0.1) is 0 Å². The zero-order valence-electron chi connectivity index (χ0n) is 13.6. The van der Waals surface area contributed by atoms with Gasteiger partial charge in [0, 0.05) is 38.6 Å². The van der Waals surface area contributed by atoms with E-state index in [-0.39, 0.29) is 17.3 Å². The third kappa shape index (κ3) is 4.29. The van der Waals surface area contributed by atoms with Crippen molar-refractivity contribution in [2.75, 3.05) is 32.0 Å². The lowest BCUT2D eigenvalue weighted by atomic mass is 9.83. The Bertz CT molecular complexity index is 605. The van der Waals surface area contributed by atoms with E-state index in [1.54, 1.807) is 13.1 Å². The highest BCUT2D eigenvalue weighted by Gasteiger charge is 2.46. The predicted molar refractivity (Wildman–Crippen MR) is 88.4 cm³/mol. The number of likely N-dealkylation sites (tertiary alicyclic amines) is 1. The Labute approximate surface area is 138 Å². The SMILES string of the molecule is CCS(=O)(=O)NC[C@@H]1CCC2(CN(Cc3cccnc3)C2)OC1. The lowest BCUT2D eigenvalue weighted by Crippen LogP contribution is -2.64. The van der Waals surface area contributed by atoms with Gasteiger partial charge in [0.2, 0.25) is 10.0 Å². The summed E-state index contributed by atoms with van der Waals surface area (Å²) in [6, 6.07) is 4.06. The Balaban J connectivity index is 1.40. The first-order valence-electron chi connectivity index (χ1n) is 8.23. The highest BCUT2D eigenvalue weighted by molar-refractivity contribution is 7.89. The van der Waals surface area contributed by atoms with Crippen LogP contribution in [-0.4, -0.2) is 55.9 Å². The molecule has 6 nitrogen and oxygen atoms in total. The normalized spacial score (nSPS) is 24.5. The van der Waals surface area contributed by atoms with Crippen LogP contribution in [0.5, 0.6) is 0 Å². The molecule has 2 aliphatic heterocycles. The molecular weight excluding hydrogens is 314 g/mol. The molecule has 2 aliphatic rings. The number of hydrogen-bond donors (Lipinski definition) is 1. The molecule has 0 bridgehead atoms. The van der Waals surface area contributed by atoms with Gasteiger partial charge in [-0.1, -0.05) is 6.07 Å². The van der Waals surface area contributed by atoms with Gasteiger partial charge in [0.15, 0.2) is 0 Å². The summed E-state index contributed by atoms with van der Waals surface area (Å²) in [7, 11) is -3.10. The third-order valence-electron chi connectivity index (χ3n) is 4.76. The van der Waals surface area contributed by atoms with Gasteiger partial charge in [0.05, 0.1) is 18.0 Å². The van der Waals surface area contributed by atoms with Crippen molar-refractivity contribution < 1.29 is 13.2 Å². The molecule has 1 N–H and O–H groups in total. The summed E-state index contributed by atoms with van der Waals surface area (Å²) >= 11 is 0. The molecule has 0 radical (unpaired) electrons. The lowest BCUT2D eigenvalue weighted by Gasteiger charge is -2.53. The number of sulfonamides is 1. The van der Waals surface area contributed by atoms with E-state index in [4.69, 9.17) is 4.74 Å². The molecule has 3 rings (SSSR count). The second kappa shape index (κ2) is 6.84. The molecule has 0 unspecified atom stereocenters. The average molecular weight is 339 g/mol. The fraction of sp³-hybridized carbons (Fsp3) is 0.688. The summed E-state index contributed by atoms with van der Waals surface area (Å²) in [6.45, 7) is 5.61. The van der Waals surface area contributed by atoms with Crippen molar-refractivity contribution in [1.82, 2.24) is 14.6 Å². The minimum absolute atomic E-state index is 0.0116. The molecule has 3 heterocycles. The summed E-state index contributed by atoms with van der Waals surface area (Å²) in [4.78, 5) is 6.52. The molecule has 1 aromatic rings. The minimum Gasteiger partial charge on any atom is -0.372 e. The topological polar surface area (TPSA) is 71.5 Å². The highest BCUT2D eigenvalue weighted by atomic mass is 32.2. The summed E-state index contributed by atoms with van der Waals surface area (Å²) < 4.78 is 31.7. The number of ether oxygens (including phenoxy) is 1. The van der Waals surface area contributed by atoms with Crippen LogP contribution in [0.25, 0.3) is 0 Å². The van der Waals surface area contributed by atoms with E-state index < -0.39 is 10.0 Å². The van der Waals surface area contributed by atoms with Crippen molar-refractivity contribution in [2.45, 2.75) is 31.9 Å². The first kappa shape index (κ1) is 16.8. The molecule has 0 aliphatic carbocycles. The fourth-order valence-electron chi connectivity index (χ4n) is 3.30. The maximum Gasteiger partial charge on any atom is 0.211 e. The van der Waals surface area contributed by atoms with Crippen molar-refractivity contribution in [1.29, 1.82) is 0 Å². The second-order valence-corrected chi connectivity index (χ2v) is 8.75. The molecule has 1 aromatic heterocycles. The van der Waals surface area contributed by atoms with Crippen LogP contribution in [-0.2, 0) is 21.3 Å². The Hall–Kier alpha value is -1.02. The molecule has 0 aromatic carbocycles. The number of nitrogens with zero attached hydrogens (tertiary/aromatic N) is 2. The first-order chi connectivity index (χ1) is 11.0. The van der Waals surface area contributed by atoms with Crippen LogP contribution >= 0.6 is 0 Å². The van der Waals surface area contributed by atoms with Gasteiger partial charge >= 0.3 is 0 Å². The Morgan fingerprint density at radius 2 is 2.30 bits per heavy atom. The quantitative estimate of drug-likeness (QED) is 0.837. The van der Waals surface area contributed by atoms with Crippen LogP contribution in [0.15, 0.2) is 24.5 Å². The molecule has 2 saturated heterocycles. The summed E-state index contributed by atoms with van der Waals surface area (Å²) in [5, 5.41) is 0. The Morgan fingerprint density at radius 3 is 2.91 bits per heavy atom. The summed E-state index contributed by atoms with van der Waals surface area (Å²) in [5.74, 6) is 0.419. The van der Waals surface area contributed by atoms with Crippen molar-refractivity contribution in [3.05, 3.63) is 30.1 Å². The summed E-state index contributed by atoms with van der Waals surface area (Å²) in [5.41, 5.74) is 1.22. The number of pyridine rings is 1. The van der Waals surface area contributed by atoms with Gasteiger partial charge in [0.1, 0.15) is 0 Å². The van der Waals surface area contributed by atoms with Gasteiger partial charge in [-0.2, -0.15) is 0 Å². The maximum absolute atomic E-state index is 11.5. The molecule has 2 fully saturated rings. The van der Waals surface area contributed by atoms with Crippen LogP contribution in [0.2, 0.25) is 0 Å². The van der Waals surface area contributed by atoms with Crippen molar-refractivity contribution in [3.8, 4) is 0 Å². The maximum atomic E-state index is 11.5. The van der Waals surface area contributed by atoms with E-state index in [9.17, 15) is 8.42 Å². The molecule has 1 spiro atoms. The van der Waals surface area contributed by atoms with Crippen molar-refractivity contribution in [3.63, 3.8) is 0 Å². The van der Waals surface area contributed by atoms with Gasteiger partial charge in [-0.3, -0.25) is 9.88 Å². The highest BCUT2D eigenvalue weighted by Crippen LogP contribution is 2.36. The molecule has 0 saturated carbocycles. The van der Waals surface area contributed by atoms with Crippen LogP contribution in [0.1, 0.15) is 25.3 Å². The van der Waals surface area contributed by atoms with E-state index in [0.29, 0.717) is 13.2 Å². The van der Waals surface area contributed by atoms with E-state index in [0.717, 1.165) is 32.5 Å². The Kier molecular flexibility index (Phi) is 5.01. The van der Waals surface area contributed by atoms with Crippen LogP contribution in [0.4, 0.5) is 0 Å². The smallest absolute Gasteiger partial charge is 0.211 e. The fourth-order valence-corrected chi connectivity index (χ4v) is 4.00. The third-order valence-corrected chi connectivity index (χ3v) is 6.12. The first-order valence-corrected chi connectivity index (χ1v) is 9.88. The second-order valence-electron chi connectivity index (χ2n) is 6.66. The molecule has 0 amide bonds. The van der Waals surface area contributed by atoms with Gasteiger partial charge in [-0.25, -0.2) is 13.1 Å². The van der Waals surface area contributed by atoms with Gasteiger partial charge in [-0.05, 0) is 37.3 Å². The van der Waals surface area contributed by atoms with Crippen molar-refractivity contribution in [2.24, 2.45) is 5.92 Å². The molecule has 1 atom stereocenters. The largest absolute Gasteiger partial charge is 0.372 e. The molecule has 23 heavy (non-hydrogen) atoms. The van der Waals surface area contributed by atoms with Crippen LogP contribution < -0.4 is 4.72 Å². The monoisotopic (exact) mass is 339 g/mol. The number of nitrogens with one attached hydrogen (secondary N) is 1. The summed E-state index contributed by atoms with van der Waals surface area (Å²) in [6.07, 6.45) is 5.73. The molecule has 128 valence electrons. The zero-order chi connectivity index (χ0) is 16.3. The van der Waals surface area contributed by atoms with E-state index in [2.05, 4.69) is 20.7 Å². The lowest BCUT2D eigenvalue weighted by molar-refractivity contribution is -0.181. The standard InChI is InChI=1S/C16H25N3O3S/c1-2-23(20,21)18-9-15-5-6-16(22-11-15)12-19(13-16)10-14-4-3-7-17-8-14/h3-4,7-8,15,18H,2,5-6,9-13H2,1H3/t15-/m0/s1. The van der Waals surface area contributed by atoms with Crippen molar-refractivity contribution >= 4 is 10.0 Å². The average Bonchev–Trinajstić information content (AvgIpc) is 2.54.